The van der Waals surface area contributed by atoms with E-state index in [1.165, 1.54) is 6.07 Å². The highest BCUT2D eigenvalue weighted by molar-refractivity contribution is 7.89. The van der Waals surface area contributed by atoms with Crippen molar-refractivity contribution in [3.63, 3.8) is 0 Å². The van der Waals surface area contributed by atoms with Gasteiger partial charge in [0.15, 0.2) is 0 Å². The number of carbonyl (C=O) groups is 1. The molecule has 1 atom stereocenters. The molecule has 3 rings (SSSR count). The maximum Gasteiger partial charge on any atom is 0.306 e. The van der Waals surface area contributed by atoms with E-state index in [0.717, 1.165) is 24.9 Å². The first-order chi connectivity index (χ1) is 16.1. The third-order valence-electron chi connectivity index (χ3n) is 6.24. The van der Waals surface area contributed by atoms with Crippen LogP contribution in [0.1, 0.15) is 46.0 Å². The lowest BCUT2D eigenvalue weighted by Crippen LogP contribution is -2.52. The average molecular weight is 490 g/mol. The van der Waals surface area contributed by atoms with E-state index in [9.17, 15) is 13.2 Å². The van der Waals surface area contributed by atoms with Crippen LogP contribution in [0, 0.1) is 0 Å². The fourth-order valence-electron chi connectivity index (χ4n) is 4.28. The van der Waals surface area contributed by atoms with Crippen LogP contribution in [-0.2, 0) is 14.8 Å². The minimum atomic E-state index is -3.88. The van der Waals surface area contributed by atoms with E-state index in [-0.39, 0.29) is 17.9 Å². The van der Waals surface area contributed by atoms with Gasteiger partial charge < -0.3 is 19.6 Å². The van der Waals surface area contributed by atoms with Crippen molar-refractivity contribution in [3.8, 4) is 5.75 Å². The van der Waals surface area contributed by atoms with Crippen LogP contribution in [0.25, 0.3) is 0 Å². The first-order valence-electron chi connectivity index (χ1n) is 11.7. The van der Waals surface area contributed by atoms with Crippen molar-refractivity contribution in [1.29, 1.82) is 0 Å². The Bertz CT molecular complexity index is 1110. The van der Waals surface area contributed by atoms with Gasteiger partial charge in [-0.2, -0.15) is 0 Å². The molecule has 0 spiro atoms. The summed E-state index contributed by atoms with van der Waals surface area (Å²) in [6.45, 7) is 4.55. The number of hydrogen-bond donors (Lipinski definition) is 2. The molecular formula is C25H35N3O5S. The molecule has 2 N–H and O–H groups in total. The maximum atomic E-state index is 13.7. The highest BCUT2D eigenvalue weighted by atomic mass is 32.2. The molecule has 8 nitrogen and oxygen atoms in total. The van der Waals surface area contributed by atoms with E-state index < -0.39 is 21.5 Å². The fraction of sp³-hybridized carbons (Fsp3) is 0.480. The Morgan fingerprint density at radius 1 is 1.21 bits per heavy atom. The van der Waals surface area contributed by atoms with E-state index in [4.69, 9.17) is 9.84 Å². The van der Waals surface area contributed by atoms with Crippen molar-refractivity contribution in [2.24, 2.45) is 0 Å². The molecule has 0 saturated heterocycles. The van der Waals surface area contributed by atoms with E-state index >= 15 is 0 Å². The van der Waals surface area contributed by atoms with Crippen molar-refractivity contribution in [1.82, 2.24) is 4.72 Å². The minimum Gasteiger partial charge on any atom is -0.491 e. The Kier molecular flexibility index (Phi) is 8.09. The zero-order valence-electron chi connectivity index (χ0n) is 20.4. The number of rotatable bonds is 10. The Hall–Kier alpha value is -2.78. The van der Waals surface area contributed by atoms with E-state index in [1.807, 2.05) is 62.3 Å². The average Bonchev–Trinajstić information content (AvgIpc) is 2.90. The Labute approximate surface area is 202 Å². The standard InChI is InChI=1S/C25H35N3O5S/c1-5-7-14-25(6-2)18-28(19-11-9-8-10-12-19)21-16-20(27(3)4)22(33-15-13-24(29)30)17-23(21)34(31,32)26-25/h8-12,16-17,26H,5-7,13-15,18H2,1-4H3,(H,29,30). The molecule has 2 aromatic carbocycles. The molecule has 0 saturated carbocycles. The summed E-state index contributed by atoms with van der Waals surface area (Å²) >= 11 is 0. The Balaban J connectivity index is 2.22. The number of benzene rings is 2. The normalized spacial score (nSPS) is 19.2. The molecule has 0 amide bonds. The van der Waals surface area contributed by atoms with Crippen LogP contribution in [0.4, 0.5) is 17.1 Å². The largest absolute Gasteiger partial charge is 0.491 e. The number of nitrogens with zero attached hydrogens (tertiary/aromatic N) is 2. The zero-order chi connectivity index (χ0) is 24.9. The third-order valence-corrected chi connectivity index (χ3v) is 7.85. The summed E-state index contributed by atoms with van der Waals surface area (Å²) in [4.78, 5) is 15.0. The number of ether oxygens (including phenoxy) is 1. The number of carboxylic acids is 1. The van der Waals surface area contributed by atoms with Crippen molar-refractivity contribution in [2.45, 2.75) is 56.4 Å². The lowest BCUT2D eigenvalue weighted by molar-refractivity contribution is -0.137. The second-order valence-electron chi connectivity index (χ2n) is 8.94. The molecule has 1 aliphatic heterocycles. The molecule has 0 aromatic heterocycles. The molecule has 1 heterocycles. The second-order valence-corrected chi connectivity index (χ2v) is 10.6. The van der Waals surface area contributed by atoms with Gasteiger partial charge in [0.05, 0.1) is 29.9 Å². The lowest BCUT2D eigenvalue weighted by Gasteiger charge is -2.36. The quantitative estimate of drug-likeness (QED) is 0.511. The molecule has 0 bridgehead atoms. The Morgan fingerprint density at radius 3 is 2.50 bits per heavy atom. The van der Waals surface area contributed by atoms with Crippen molar-refractivity contribution in [2.75, 3.05) is 37.0 Å². The summed E-state index contributed by atoms with van der Waals surface area (Å²) in [5.74, 6) is -0.643. The molecular weight excluding hydrogens is 454 g/mol. The SMILES string of the molecule is CCCCC1(CC)CN(c2ccccc2)c2cc(N(C)C)c(OCCC(=O)O)cc2S(=O)(=O)N1. The third kappa shape index (κ3) is 5.64. The van der Waals surface area contributed by atoms with E-state index in [1.54, 1.807) is 0 Å². The number of para-hydroxylation sites is 1. The van der Waals surface area contributed by atoms with Crippen LogP contribution >= 0.6 is 0 Å². The van der Waals surface area contributed by atoms with E-state index in [0.29, 0.717) is 30.1 Å². The number of nitrogens with one attached hydrogen (secondary N) is 1. The van der Waals surface area contributed by atoms with Gasteiger partial charge in [-0.1, -0.05) is 44.9 Å². The molecule has 186 valence electrons. The highest BCUT2D eigenvalue weighted by Crippen LogP contribution is 2.43. The summed E-state index contributed by atoms with van der Waals surface area (Å²) in [5.41, 5.74) is 1.52. The van der Waals surface area contributed by atoms with Crippen LogP contribution in [0.2, 0.25) is 0 Å². The number of sulfonamides is 1. The topological polar surface area (TPSA) is 99.2 Å². The number of aliphatic carboxylic acids is 1. The van der Waals surface area contributed by atoms with Gasteiger partial charge in [-0.25, -0.2) is 13.1 Å². The predicted molar refractivity (Wildman–Crippen MR) is 135 cm³/mol. The molecule has 34 heavy (non-hydrogen) atoms. The number of anilines is 3. The molecule has 9 heteroatoms. The van der Waals surface area contributed by atoms with Crippen LogP contribution in [0.5, 0.6) is 5.75 Å². The van der Waals surface area contributed by atoms with Crippen molar-refractivity contribution >= 4 is 33.1 Å². The smallest absolute Gasteiger partial charge is 0.306 e. The number of hydrogen-bond acceptors (Lipinski definition) is 6. The molecule has 0 aliphatic carbocycles. The van der Waals surface area contributed by atoms with Crippen LogP contribution in [0.3, 0.4) is 0 Å². The maximum absolute atomic E-state index is 13.7. The van der Waals surface area contributed by atoms with Crippen LogP contribution in [0.15, 0.2) is 47.4 Å². The predicted octanol–water partition coefficient (Wildman–Crippen LogP) is 4.38. The van der Waals surface area contributed by atoms with Gasteiger partial charge in [0.2, 0.25) is 10.0 Å². The number of carboxylic acid groups (broad SMARTS) is 1. The van der Waals surface area contributed by atoms with Crippen LogP contribution in [-0.4, -0.2) is 52.3 Å². The van der Waals surface area contributed by atoms with Crippen LogP contribution < -0.4 is 19.3 Å². The van der Waals surface area contributed by atoms with E-state index in [2.05, 4.69) is 16.5 Å². The van der Waals surface area contributed by atoms with Gasteiger partial charge in [0.25, 0.3) is 0 Å². The molecule has 0 fully saturated rings. The molecule has 0 radical (unpaired) electrons. The zero-order valence-corrected chi connectivity index (χ0v) is 21.2. The number of unbranched alkanes of at least 4 members (excludes halogenated alkanes) is 1. The Morgan fingerprint density at radius 2 is 1.91 bits per heavy atom. The van der Waals surface area contributed by atoms with Crippen molar-refractivity contribution < 1.29 is 23.1 Å². The van der Waals surface area contributed by atoms with Gasteiger partial charge in [0, 0.05) is 32.4 Å². The van der Waals surface area contributed by atoms with Gasteiger partial charge in [0.1, 0.15) is 10.6 Å². The van der Waals surface area contributed by atoms with Gasteiger partial charge in [-0.15, -0.1) is 0 Å². The number of fused-ring (bicyclic) bond motifs is 1. The summed E-state index contributed by atoms with van der Waals surface area (Å²) in [6.07, 6.45) is 3.06. The van der Waals surface area contributed by atoms with Gasteiger partial charge in [-0.3, -0.25) is 4.79 Å². The second kappa shape index (κ2) is 10.7. The molecule has 1 aliphatic rings. The summed E-state index contributed by atoms with van der Waals surface area (Å²) in [5, 5.41) is 9.00. The highest BCUT2D eigenvalue weighted by Gasteiger charge is 2.41. The monoisotopic (exact) mass is 489 g/mol. The fourth-order valence-corrected chi connectivity index (χ4v) is 5.98. The summed E-state index contributed by atoms with van der Waals surface area (Å²) in [7, 11) is -0.189. The first-order valence-corrected chi connectivity index (χ1v) is 13.2. The van der Waals surface area contributed by atoms with Gasteiger partial charge in [-0.05, 0) is 31.0 Å². The first kappa shape index (κ1) is 25.8. The summed E-state index contributed by atoms with van der Waals surface area (Å²) in [6, 6.07) is 13.1. The van der Waals surface area contributed by atoms with Gasteiger partial charge >= 0.3 is 5.97 Å². The minimum absolute atomic E-state index is 0.0553. The summed E-state index contributed by atoms with van der Waals surface area (Å²) < 4.78 is 36.2. The lowest BCUT2D eigenvalue weighted by atomic mass is 9.89. The molecule has 2 aromatic rings. The van der Waals surface area contributed by atoms with Crippen molar-refractivity contribution in [3.05, 3.63) is 42.5 Å². The molecule has 1 unspecified atom stereocenters.